The first-order valence-corrected chi connectivity index (χ1v) is 9.32. The second-order valence-electron chi connectivity index (χ2n) is 6.48. The maximum atomic E-state index is 13.0. The number of amides is 1. The molecule has 0 bridgehead atoms. The van der Waals surface area contributed by atoms with Gasteiger partial charge in [-0.15, -0.1) is 0 Å². The van der Waals surface area contributed by atoms with Gasteiger partial charge in [-0.2, -0.15) is 13.2 Å². The van der Waals surface area contributed by atoms with E-state index in [4.69, 9.17) is 11.6 Å². The van der Waals surface area contributed by atoms with Gasteiger partial charge in [-0.25, -0.2) is 0 Å². The summed E-state index contributed by atoms with van der Waals surface area (Å²) in [5.74, 6) is -0.405. The predicted molar refractivity (Wildman–Crippen MR) is 107 cm³/mol. The molecule has 0 atom stereocenters. The van der Waals surface area contributed by atoms with Crippen LogP contribution in [0.25, 0.3) is 0 Å². The number of halogens is 4. The number of hydrogen-bond donors (Lipinski definition) is 2. The van der Waals surface area contributed by atoms with Gasteiger partial charge in [0.2, 0.25) is 0 Å². The standard InChI is InChI=1S/C22H18ClF3N2O/c23-19-12-11-17(13-18(19)22(24,25)26)28-20(29)14-27-21(15-7-3-1-4-8-15)16-9-5-2-6-10-16/h1-13,21,27H,14H2,(H,28,29)/p+1. The molecule has 0 fully saturated rings. The van der Waals surface area contributed by atoms with Gasteiger partial charge in [0.05, 0.1) is 10.6 Å². The molecule has 150 valence electrons. The lowest BCUT2D eigenvalue weighted by Gasteiger charge is -2.17. The average molecular weight is 420 g/mol. The molecule has 1 amide bonds. The fourth-order valence-corrected chi connectivity index (χ4v) is 3.27. The highest BCUT2D eigenvalue weighted by Crippen LogP contribution is 2.36. The van der Waals surface area contributed by atoms with Crippen LogP contribution in [0.5, 0.6) is 0 Å². The SMILES string of the molecule is O=C(C[NH2+]C(c1ccccc1)c1ccccc1)Nc1ccc(Cl)c(C(F)(F)F)c1. The zero-order valence-electron chi connectivity index (χ0n) is 15.3. The molecule has 3 aromatic carbocycles. The molecule has 0 aliphatic carbocycles. The third kappa shape index (κ3) is 5.59. The molecule has 0 spiro atoms. The summed E-state index contributed by atoms with van der Waals surface area (Å²) < 4.78 is 39.0. The third-order valence-corrected chi connectivity index (χ3v) is 4.74. The lowest BCUT2D eigenvalue weighted by atomic mass is 9.99. The van der Waals surface area contributed by atoms with E-state index in [1.807, 2.05) is 66.0 Å². The van der Waals surface area contributed by atoms with Crippen molar-refractivity contribution >= 4 is 23.2 Å². The third-order valence-electron chi connectivity index (χ3n) is 4.41. The monoisotopic (exact) mass is 419 g/mol. The van der Waals surface area contributed by atoms with E-state index in [1.54, 1.807) is 0 Å². The molecule has 0 saturated carbocycles. The smallest absolute Gasteiger partial charge is 0.328 e. The van der Waals surface area contributed by atoms with Crippen LogP contribution in [0.2, 0.25) is 5.02 Å². The fourth-order valence-electron chi connectivity index (χ4n) is 3.04. The van der Waals surface area contributed by atoms with Crippen LogP contribution in [0, 0.1) is 0 Å². The summed E-state index contributed by atoms with van der Waals surface area (Å²) in [5, 5.41) is 3.95. The van der Waals surface area contributed by atoms with Crippen molar-refractivity contribution in [3.63, 3.8) is 0 Å². The maximum absolute atomic E-state index is 13.0. The van der Waals surface area contributed by atoms with Crippen molar-refractivity contribution in [2.75, 3.05) is 11.9 Å². The lowest BCUT2D eigenvalue weighted by molar-refractivity contribution is -0.676. The van der Waals surface area contributed by atoms with Gasteiger partial charge in [0, 0.05) is 16.8 Å². The van der Waals surface area contributed by atoms with E-state index in [-0.39, 0.29) is 18.3 Å². The van der Waals surface area contributed by atoms with Crippen molar-refractivity contribution in [3.8, 4) is 0 Å². The summed E-state index contributed by atoms with van der Waals surface area (Å²) in [6.07, 6.45) is -4.59. The second-order valence-corrected chi connectivity index (χ2v) is 6.89. The van der Waals surface area contributed by atoms with E-state index >= 15 is 0 Å². The molecule has 0 aliphatic heterocycles. The highest BCUT2D eigenvalue weighted by molar-refractivity contribution is 6.31. The molecule has 0 aromatic heterocycles. The van der Waals surface area contributed by atoms with Crippen LogP contribution in [0.4, 0.5) is 18.9 Å². The molecule has 3 rings (SSSR count). The first-order valence-electron chi connectivity index (χ1n) is 8.94. The number of alkyl halides is 3. The Kier molecular flexibility index (Phi) is 6.56. The van der Waals surface area contributed by atoms with Gasteiger partial charge in [0.1, 0.15) is 6.04 Å². The van der Waals surface area contributed by atoms with E-state index in [1.165, 1.54) is 6.07 Å². The fraction of sp³-hybridized carbons (Fsp3) is 0.136. The van der Waals surface area contributed by atoms with Crippen molar-refractivity contribution in [2.24, 2.45) is 0 Å². The minimum Gasteiger partial charge on any atom is -0.328 e. The predicted octanol–water partition coefficient (Wildman–Crippen LogP) is 4.65. The normalized spacial score (nSPS) is 11.5. The highest BCUT2D eigenvalue weighted by atomic mass is 35.5. The molecular weight excluding hydrogens is 401 g/mol. The van der Waals surface area contributed by atoms with Crippen LogP contribution in [-0.4, -0.2) is 12.5 Å². The summed E-state index contributed by atoms with van der Waals surface area (Å²) in [5.41, 5.74) is 1.12. The molecule has 3 aromatic rings. The summed E-state index contributed by atoms with van der Waals surface area (Å²) >= 11 is 5.62. The summed E-state index contributed by atoms with van der Waals surface area (Å²) in [7, 11) is 0. The number of hydrogen-bond acceptors (Lipinski definition) is 1. The molecule has 3 N–H and O–H groups in total. The van der Waals surface area contributed by atoms with Gasteiger partial charge < -0.3 is 10.6 Å². The van der Waals surface area contributed by atoms with E-state index < -0.39 is 22.7 Å². The van der Waals surface area contributed by atoms with E-state index in [2.05, 4.69) is 5.32 Å². The van der Waals surface area contributed by atoms with Gasteiger partial charge >= 0.3 is 6.18 Å². The van der Waals surface area contributed by atoms with Crippen LogP contribution in [-0.2, 0) is 11.0 Å². The molecule has 0 aliphatic rings. The molecule has 3 nitrogen and oxygen atoms in total. The van der Waals surface area contributed by atoms with E-state index in [0.717, 1.165) is 23.3 Å². The van der Waals surface area contributed by atoms with Gasteiger partial charge in [-0.05, 0) is 18.2 Å². The Hall–Kier alpha value is -2.83. The van der Waals surface area contributed by atoms with E-state index in [0.29, 0.717) is 0 Å². The van der Waals surface area contributed by atoms with Crippen LogP contribution < -0.4 is 10.6 Å². The Labute approximate surface area is 171 Å². The van der Waals surface area contributed by atoms with Crippen LogP contribution in [0.1, 0.15) is 22.7 Å². The van der Waals surface area contributed by atoms with Crippen molar-refractivity contribution in [2.45, 2.75) is 12.2 Å². The molecule has 0 saturated heterocycles. The number of nitrogens with one attached hydrogen (secondary N) is 1. The Morgan fingerprint density at radius 2 is 1.48 bits per heavy atom. The van der Waals surface area contributed by atoms with E-state index in [9.17, 15) is 18.0 Å². The summed E-state index contributed by atoms with van der Waals surface area (Å²) in [6.45, 7) is 0.0401. The molecule has 0 radical (unpaired) electrons. The maximum Gasteiger partial charge on any atom is 0.417 e. The Bertz CT molecular complexity index is 923. The Morgan fingerprint density at radius 1 is 0.931 bits per heavy atom. The lowest BCUT2D eigenvalue weighted by Crippen LogP contribution is -2.87. The van der Waals surface area contributed by atoms with Crippen molar-refractivity contribution in [1.82, 2.24) is 0 Å². The Morgan fingerprint density at radius 3 is 2.00 bits per heavy atom. The number of quaternary nitrogens is 1. The topological polar surface area (TPSA) is 45.7 Å². The zero-order chi connectivity index (χ0) is 20.9. The average Bonchev–Trinajstić information content (AvgIpc) is 2.70. The highest BCUT2D eigenvalue weighted by Gasteiger charge is 2.33. The number of anilines is 1. The van der Waals surface area contributed by atoms with Crippen molar-refractivity contribution in [1.29, 1.82) is 0 Å². The molecule has 29 heavy (non-hydrogen) atoms. The zero-order valence-corrected chi connectivity index (χ0v) is 16.0. The minimum atomic E-state index is -4.59. The van der Waals surface area contributed by atoms with Gasteiger partial charge in [0.25, 0.3) is 5.91 Å². The number of benzene rings is 3. The van der Waals surface area contributed by atoms with Crippen molar-refractivity contribution < 1.29 is 23.3 Å². The molecule has 7 heteroatoms. The molecule has 0 heterocycles. The molecular formula is C22H19ClF3N2O+. The number of rotatable bonds is 6. The van der Waals surface area contributed by atoms with Crippen molar-refractivity contribution in [3.05, 3.63) is 101 Å². The number of carbonyl (C=O) groups is 1. The second kappa shape index (κ2) is 9.11. The van der Waals surface area contributed by atoms with Gasteiger partial charge in [-0.3, -0.25) is 4.79 Å². The Balaban J connectivity index is 1.71. The summed E-state index contributed by atoms with van der Waals surface area (Å²) in [4.78, 5) is 12.4. The number of nitrogens with two attached hydrogens (primary N) is 1. The van der Waals surface area contributed by atoms with Crippen LogP contribution in [0.3, 0.4) is 0 Å². The first-order chi connectivity index (χ1) is 13.8. The largest absolute Gasteiger partial charge is 0.417 e. The minimum absolute atomic E-state index is 0.0401. The van der Waals surface area contributed by atoms with Gasteiger partial charge in [-0.1, -0.05) is 72.3 Å². The van der Waals surface area contributed by atoms with Crippen LogP contribution in [0.15, 0.2) is 78.9 Å². The first kappa shape index (κ1) is 20.9. The quantitative estimate of drug-likeness (QED) is 0.600. The summed E-state index contributed by atoms with van der Waals surface area (Å²) in [6, 6.07) is 22.6. The van der Waals surface area contributed by atoms with Gasteiger partial charge in [0.15, 0.2) is 6.54 Å². The number of carbonyl (C=O) groups excluding carboxylic acids is 1. The molecule has 0 unspecified atom stereocenters. The van der Waals surface area contributed by atoms with Crippen LogP contribution >= 0.6 is 11.6 Å².